The van der Waals surface area contributed by atoms with Crippen LogP contribution in [0.2, 0.25) is 0 Å². The smallest absolute Gasteiger partial charge is 0.0215 e. The predicted octanol–water partition coefficient (Wildman–Crippen LogP) is 16.0. The van der Waals surface area contributed by atoms with Crippen molar-refractivity contribution in [3.05, 3.63) is 81.9 Å². The Morgan fingerprint density at radius 3 is 1.45 bits per heavy atom. The largest absolute Gasteiger partial charge is 0.0654 e. The first-order valence-corrected chi connectivity index (χ1v) is 21.4. The van der Waals surface area contributed by atoms with E-state index in [4.69, 9.17) is 0 Å². The minimum Gasteiger partial charge on any atom is -0.0654 e. The summed E-state index contributed by atoms with van der Waals surface area (Å²) in [4.78, 5) is 0. The second kappa shape index (κ2) is 21.1. The quantitative estimate of drug-likeness (QED) is 0.0792. The van der Waals surface area contributed by atoms with Crippen molar-refractivity contribution in [2.45, 2.75) is 201 Å². The second-order valence-corrected chi connectivity index (χ2v) is 16.0. The number of fused-ring (bicyclic) bond motifs is 3. The molecular weight excluding hydrogens is 589 g/mol. The van der Waals surface area contributed by atoms with Gasteiger partial charge in [-0.15, -0.1) is 0 Å². The highest BCUT2D eigenvalue weighted by Gasteiger charge is 2.42. The molecule has 3 aromatic carbocycles. The van der Waals surface area contributed by atoms with E-state index in [9.17, 15) is 0 Å². The fourth-order valence-corrected chi connectivity index (χ4v) is 8.90. The average Bonchev–Trinajstić information content (AvgIpc) is 3.36. The Labute approximate surface area is 304 Å². The van der Waals surface area contributed by atoms with Crippen molar-refractivity contribution in [3.8, 4) is 22.3 Å². The van der Waals surface area contributed by atoms with Gasteiger partial charge in [-0.05, 0) is 109 Å². The van der Waals surface area contributed by atoms with Crippen molar-refractivity contribution in [3.63, 3.8) is 0 Å². The lowest BCUT2D eigenvalue weighted by molar-refractivity contribution is 0.398. The predicted molar refractivity (Wildman–Crippen MR) is 219 cm³/mol. The Balaban J connectivity index is 1.76. The molecule has 1 aliphatic carbocycles. The monoisotopic (exact) mass is 663 g/mol. The third kappa shape index (κ3) is 10.8. The van der Waals surface area contributed by atoms with Crippen molar-refractivity contribution in [2.24, 2.45) is 0 Å². The molecule has 1 aliphatic rings. The Morgan fingerprint density at radius 1 is 0.408 bits per heavy atom. The molecule has 0 nitrogen and oxygen atoms in total. The van der Waals surface area contributed by atoms with Gasteiger partial charge in [0, 0.05) is 5.41 Å². The SMILES string of the molecule is CCCCCCCCC1(CCCCCCCC)c2cc(C)ccc2-c2ccc(-c3cc(CCCCCC)c(C)cc3CCCCCC)cc21. The van der Waals surface area contributed by atoms with E-state index in [1.807, 2.05) is 0 Å². The van der Waals surface area contributed by atoms with E-state index < -0.39 is 0 Å². The Bertz CT molecular complexity index is 1370. The standard InChI is InChI=1S/C49H74/c1-7-11-15-19-21-25-33-49(34-26-22-20-16-12-8-2)47-35-39(5)29-31-44(47)45-32-30-43(38-48(45)49)46-37-41(27-23-17-13-9-3)40(6)36-42(46)28-24-18-14-10-4/h29-32,35-38H,7-28,33-34H2,1-6H3. The first kappa shape index (κ1) is 39.4. The minimum absolute atomic E-state index is 0.136. The van der Waals surface area contributed by atoms with Gasteiger partial charge < -0.3 is 0 Å². The van der Waals surface area contributed by atoms with Crippen LogP contribution in [0.5, 0.6) is 0 Å². The summed E-state index contributed by atoms with van der Waals surface area (Å²) < 4.78 is 0. The van der Waals surface area contributed by atoms with Crippen LogP contribution < -0.4 is 0 Å². The molecule has 49 heavy (non-hydrogen) atoms. The van der Waals surface area contributed by atoms with Crippen LogP contribution in [0.25, 0.3) is 22.3 Å². The van der Waals surface area contributed by atoms with Crippen molar-refractivity contribution in [1.82, 2.24) is 0 Å². The fourth-order valence-electron chi connectivity index (χ4n) is 8.90. The molecule has 0 bridgehead atoms. The normalized spacial score (nSPS) is 13.2. The van der Waals surface area contributed by atoms with Gasteiger partial charge >= 0.3 is 0 Å². The summed E-state index contributed by atoms with van der Waals surface area (Å²) in [6.45, 7) is 14.0. The number of rotatable bonds is 25. The number of aryl methyl sites for hydroxylation is 4. The Morgan fingerprint density at radius 2 is 0.878 bits per heavy atom. The van der Waals surface area contributed by atoms with Crippen molar-refractivity contribution in [2.75, 3.05) is 0 Å². The van der Waals surface area contributed by atoms with E-state index in [2.05, 4.69) is 90.1 Å². The molecule has 4 rings (SSSR count). The lowest BCUT2D eigenvalue weighted by Crippen LogP contribution is -2.25. The van der Waals surface area contributed by atoms with E-state index >= 15 is 0 Å². The van der Waals surface area contributed by atoms with Crippen LogP contribution in [0, 0.1) is 13.8 Å². The fraction of sp³-hybridized carbons (Fsp3) is 0.633. The Kier molecular flexibility index (Phi) is 17.0. The molecule has 0 saturated heterocycles. The zero-order chi connectivity index (χ0) is 34.9. The van der Waals surface area contributed by atoms with E-state index in [1.54, 1.807) is 22.3 Å². The lowest BCUT2D eigenvalue weighted by Gasteiger charge is -2.33. The van der Waals surface area contributed by atoms with Crippen LogP contribution in [-0.4, -0.2) is 0 Å². The van der Waals surface area contributed by atoms with Gasteiger partial charge in [0.15, 0.2) is 0 Å². The van der Waals surface area contributed by atoms with Crippen LogP contribution in [0.3, 0.4) is 0 Å². The highest BCUT2D eigenvalue weighted by molar-refractivity contribution is 5.84. The average molecular weight is 663 g/mol. The van der Waals surface area contributed by atoms with E-state index in [0.29, 0.717) is 0 Å². The van der Waals surface area contributed by atoms with Crippen LogP contribution in [-0.2, 0) is 18.3 Å². The third-order valence-electron chi connectivity index (χ3n) is 11.9. The Hall–Kier alpha value is -2.34. The first-order chi connectivity index (χ1) is 24.0. The van der Waals surface area contributed by atoms with Crippen molar-refractivity contribution in [1.29, 1.82) is 0 Å². The highest BCUT2D eigenvalue weighted by atomic mass is 14.5. The van der Waals surface area contributed by atoms with E-state index in [1.165, 1.54) is 187 Å². The van der Waals surface area contributed by atoms with Crippen LogP contribution in [0.4, 0.5) is 0 Å². The molecule has 0 aliphatic heterocycles. The topological polar surface area (TPSA) is 0 Å². The molecule has 3 aromatic rings. The maximum Gasteiger partial charge on any atom is 0.0215 e. The molecule has 0 spiro atoms. The van der Waals surface area contributed by atoms with E-state index in [-0.39, 0.29) is 5.41 Å². The maximum atomic E-state index is 2.71. The molecule has 0 heteroatoms. The van der Waals surface area contributed by atoms with Crippen molar-refractivity contribution < 1.29 is 0 Å². The van der Waals surface area contributed by atoms with Gasteiger partial charge in [0.25, 0.3) is 0 Å². The molecule has 0 atom stereocenters. The molecule has 0 heterocycles. The van der Waals surface area contributed by atoms with Gasteiger partial charge in [-0.25, -0.2) is 0 Å². The van der Waals surface area contributed by atoms with Gasteiger partial charge in [-0.1, -0.05) is 191 Å². The molecule has 0 aromatic heterocycles. The van der Waals surface area contributed by atoms with Gasteiger partial charge in [0.05, 0.1) is 0 Å². The van der Waals surface area contributed by atoms with Gasteiger partial charge in [0.1, 0.15) is 0 Å². The van der Waals surface area contributed by atoms with Crippen LogP contribution in [0.15, 0.2) is 48.5 Å². The number of benzene rings is 3. The minimum atomic E-state index is 0.136. The van der Waals surface area contributed by atoms with Gasteiger partial charge in [-0.3, -0.25) is 0 Å². The van der Waals surface area contributed by atoms with Crippen molar-refractivity contribution >= 4 is 0 Å². The highest BCUT2D eigenvalue weighted by Crippen LogP contribution is 2.55. The van der Waals surface area contributed by atoms with Crippen LogP contribution >= 0.6 is 0 Å². The molecule has 0 unspecified atom stereocenters. The summed E-state index contributed by atoms with van der Waals surface area (Å²) in [7, 11) is 0. The molecule has 0 amide bonds. The first-order valence-electron chi connectivity index (χ1n) is 21.4. The number of hydrogen-bond donors (Lipinski definition) is 0. The van der Waals surface area contributed by atoms with Crippen LogP contribution in [0.1, 0.15) is 202 Å². The molecule has 0 saturated carbocycles. The maximum absolute atomic E-state index is 2.71. The van der Waals surface area contributed by atoms with E-state index in [0.717, 1.165) is 0 Å². The summed E-state index contributed by atoms with van der Waals surface area (Å²) in [5, 5.41) is 0. The second-order valence-electron chi connectivity index (χ2n) is 16.0. The number of hydrogen-bond acceptors (Lipinski definition) is 0. The lowest BCUT2D eigenvalue weighted by atomic mass is 9.70. The summed E-state index contributed by atoms with van der Waals surface area (Å²) >= 11 is 0. The molecule has 0 radical (unpaired) electrons. The molecule has 0 fully saturated rings. The summed E-state index contributed by atoms with van der Waals surface area (Å²) in [5.41, 5.74) is 15.5. The third-order valence-corrected chi connectivity index (χ3v) is 11.9. The zero-order valence-corrected chi connectivity index (χ0v) is 33.1. The van der Waals surface area contributed by atoms with Gasteiger partial charge in [0.2, 0.25) is 0 Å². The summed E-state index contributed by atoms with van der Waals surface area (Å²) in [6, 6.07) is 20.4. The van der Waals surface area contributed by atoms with Gasteiger partial charge in [-0.2, -0.15) is 0 Å². The molecule has 0 N–H and O–H groups in total. The number of unbranched alkanes of at least 4 members (excludes halogenated alkanes) is 16. The molecular formula is C49H74. The summed E-state index contributed by atoms with van der Waals surface area (Å²) in [6.07, 6.45) is 32.0. The zero-order valence-electron chi connectivity index (χ0n) is 33.1. The summed E-state index contributed by atoms with van der Waals surface area (Å²) in [5.74, 6) is 0. The molecule has 270 valence electrons.